The Hall–Kier alpha value is -2.84. The minimum Gasteiger partial charge on any atom is -0.494 e. The Morgan fingerprint density at radius 3 is 2.70 bits per heavy atom. The number of thiophene rings is 1. The monoisotopic (exact) mass is 382 g/mol. The Bertz CT molecular complexity index is 1180. The summed E-state index contributed by atoms with van der Waals surface area (Å²) in [5, 5.41) is 9.32. The Morgan fingerprint density at radius 1 is 1.22 bits per heavy atom. The largest absolute Gasteiger partial charge is 0.494 e. The molecule has 3 heterocycles. The van der Waals surface area contributed by atoms with E-state index in [0.29, 0.717) is 29.1 Å². The molecule has 0 spiro atoms. The van der Waals surface area contributed by atoms with E-state index in [1.807, 2.05) is 32.0 Å². The van der Waals surface area contributed by atoms with Crippen LogP contribution in [0.15, 0.2) is 35.1 Å². The van der Waals surface area contributed by atoms with Crippen LogP contribution < -0.4 is 10.3 Å². The van der Waals surface area contributed by atoms with Crippen molar-refractivity contribution in [3.05, 3.63) is 51.9 Å². The van der Waals surface area contributed by atoms with Gasteiger partial charge in [0, 0.05) is 18.2 Å². The highest BCUT2D eigenvalue weighted by Gasteiger charge is 2.18. The van der Waals surface area contributed by atoms with Gasteiger partial charge in [-0.05, 0) is 49.7 Å². The van der Waals surface area contributed by atoms with Crippen LogP contribution in [0.4, 0.5) is 0 Å². The van der Waals surface area contributed by atoms with Gasteiger partial charge in [-0.3, -0.25) is 4.79 Å². The van der Waals surface area contributed by atoms with E-state index in [9.17, 15) is 4.79 Å². The molecule has 0 N–H and O–H groups in total. The summed E-state index contributed by atoms with van der Waals surface area (Å²) in [6.07, 6.45) is 0. The Labute approximate surface area is 159 Å². The molecule has 8 heteroatoms. The van der Waals surface area contributed by atoms with E-state index < -0.39 is 0 Å². The third-order valence-corrected chi connectivity index (χ3v) is 5.22. The van der Waals surface area contributed by atoms with Crippen LogP contribution >= 0.6 is 11.3 Å². The minimum atomic E-state index is -0.215. The lowest BCUT2D eigenvalue weighted by atomic mass is 10.1. The number of benzene rings is 1. The van der Waals surface area contributed by atoms with Crippen LogP contribution in [-0.2, 0) is 11.3 Å². The molecule has 0 atom stereocenters. The molecule has 0 unspecified atom stereocenters. The maximum Gasteiger partial charge on any atom is 0.292 e. The van der Waals surface area contributed by atoms with E-state index in [-0.39, 0.29) is 5.56 Å². The normalized spacial score (nSPS) is 11.4. The van der Waals surface area contributed by atoms with E-state index in [2.05, 4.69) is 15.3 Å². The van der Waals surface area contributed by atoms with Crippen LogP contribution in [-0.4, -0.2) is 33.7 Å². The molecular weight excluding hydrogens is 364 g/mol. The Balaban J connectivity index is 1.91. The van der Waals surface area contributed by atoms with Crippen molar-refractivity contribution in [1.82, 2.24) is 20.0 Å². The maximum atomic E-state index is 13.0. The quantitative estimate of drug-likeness (QED) is 0.527. The average molecular weight is 382 g/mol. The fourth-order valence-electron chi connectivity index (χ4n) is 3.05. The second-order valence-electron chi connectivity index (χ2n) is 6.05. The molecule has 138 valence electrons. The highest BCUT2D eigenvalue weighted by molar-refractivity contribution is 7.25. The van der Waals surface area contributed by atoms with Gasteiger partial charge in [0.2, 0.25) is 0 Å². The molecule has 0 saturated heterocycles. The SMILES string of the molecule is CCOc1ccc(-n2nnc3c(sc4nc(C)cc(COC)c43)c2=O)cc1. The summed E-state index contributed by atoms with van der Waals surface area (Å²) in [5.41, 5.74) is 2.83. The van der Waals surface area contributed by atoms with Crippen molar-refractivity contribution in [3.8, 4) is 11.4 Å². The van der Waals surface area contributed by atoms with Crippen molar-refractivity contribution in [2.75, 3.05) is 13.7 Å². The van der Waals surface area contributed by atoms with Gasteiger partial charge in [0.1, 0.15) is 20.8 Å². The molecule has 0 saturated carbocycles. The first-order valence-corrected chi connectivity index (χ1v) is 9.35. The number of nitrogens with zero attached hydrogens (tertiary/aromatic N) is 4. The molecule has 0 fully saturated rings. The second kappa shape index (κ2) is 7.05. The molecule has 0 aliphatic carbocycles. The number of fused-ring (bicyclic) bond motifs is 3. The van der Waals surface area contributed by atoms with Crippen LogP contribution in [0.2, 0.25) is 0 Å². The summed E-state index contributed by atoms with van der Waals surface area (Å²) < 4.78 is 12.6. The third kappa shape index (κ3) is 3.07. The van der Waals surface area contributed by atoms with Crippen molar-refractivity contribution in [2.24, 2.45) is 0 Å². The van der Waals surface area contributed by atoms with E-state index >= 15 is 0 Å². The van der Waals surface area contributed by atoms with Crippen molar-refractivity contribution in [2.45, 2.75) is 20.5 Å². The van der Waals surface area contributed by atoms with Crippen LogP contribution in [0.5, 0.6) is 5.75 Å². The highest BCUT2D eigenvalue weighted by Crippen LogP contribution is 2.32. The molecule has 3 aromatic heterocycles. The van der Waals surface area contributed by atoms with Crippen molar-refractivity contribution in [3.63, 3.8) is 0 Å². The van der Waals surface area contributed by atoms with Gasteiger partial charge in [-0.1, -0.05) is 5.21 Å². The van der Waals surface area contributed by atoms with Crippen molar-refractivity contribution in [1.29, 1.82) is 0 Å². The summed E-state index contributed by atoms with van der Waals surface area (Å²) >= 11 is 1.34. The zero-order valence-electron chi connectivity index (χ0n) is 15.2. The number of rotatable bonds is 5. The molecule has 0 aliphatic heterocycles. The van der Waals surface area contributed by atoms with E-state index in [0.717, 1.165) is 27.2 Å². The molecular formula is C19H18N4O3S. The third-order valence-electron chi connectivity index (χ3n) is 4.16. The van der Waals surface area contributed by atoms with Gasteiger partial charge in [-0.15, -0.1) is 16.4 Å². The molecule has 7 nitrogen and oxygen atoms in total. The molecule has 1 aromatic carbocycles. The number of ether oxygens (including phenoxy) is 2. The highest BCUT2D eigenvalue weighted by atomic mass is 32.1. The first kappa shape index (κ1) is 17.6. The Morgan fingerprint density at radius 2 is 2.00 bits per heavy atom. The Kier molecular flexibility index (Phi) is 4.59. The molecule has 0 radical (unpaired) electrons. The number of methoxy groups -OCH3 is 1. The maximum absolute atomic E-state index is 13.0. The number of aromatic nitrogens is 4. The first-order chi connectivity index (χ1) is 13.1. The lowest BCUT2D eigenvalue weighted by Gasteiger charge is -2.06. The minimum absolute atomic E-state index is 0.215. The number of hydrogen-bond acceptors (Lipinski definition) is 7. The zero-order valence-corrected chi connectivity index (χ0v) is 16.0. The number of aryl methyl sites for hydroxylation is 1. The summed E-state index contributed by atoms with van der Waals surface area (Å²) in [6.45, 7) is 4.86. The predicted molar refractivity (Wildman–Crippen MR) is 105 cm³/mol. The van der Waals surface area contributed by atoms with Gasteiger partial charge in [-0.25, -0.2) is 4.98 Å². The molecule has 4 aromatic rings. The second-order valence-corrected chi connectivity index (χ2v) is 7.05. The lowest BCUT2D eigenvalue weighted by Crippen LogP contribution is -2.21. The summed E-state index contributed by atoms with van der Waals surface area (Å²) in [5.74, 6) is 0.745. The lowest BCUT2D eigenvalue weighted by molar-refractivity contribution is 0.186. The molecule has 0 bridgehead atoms. The molecule has 0 amide bonds. The number of pyridine rings is 1. The van der Waals surface area contributed by atoms with Gasteiger partial charge in [0.05, 0.1) is 18.9 Å². The number of hydrogen-bond donors (Lipinski definition) is 0. The smallest absolute Gasteiger partial charge is 0.292 e. The summed E-state index contributed by atoms with van der Waals surface area (Å²) in [4.78, 5) is 18.4. The fraction of sp³-hybridized carbons (Fsp3) is 0.263. The average Bonchev–Trinajstić information content (AvgIpc) is 3.03. The summed E-state index contributed by atoms with van der Waals surface area (Å²) in [7, 11) is 1.64. The first-order valence-electron chi connectivity index (χ1n) is 8.53. The van der Waals surface area contributed by atoms with Gasteiger partial charge >= 0.3 is 0 Å². The van der Waals surface area contributed by atoms with Gasteiger partial charge < -0.3 is 9.47 Å². The van der Waals surface area contributed by atoms with Crippen molar-refractivity contribution < 1.29 is 9.47 Å². The van der Waals surface area contributed by atoms with Gasteiger partial charge in [0.25, 0.3) is 5.56 Å². The van der Waals surface area contributed by atoms with Gasteiger partial charge in [0.15, 0.2) is 0 Å². The van der Waals surface area contributed by atoms with Crippen LogP contribution in [0, 0.1) is 6.92 Å². The molecule has 27 heavy (non-hydrogen) atoms. The predicted octanol–water partition coefficient (Wildman–Crippen LogP) is 3.24. The molecule has 4 rings (SSSR count). The van der Waals surface area contributed by atoms with E-state index in [1.165, 1.54) is 16.0 Å². The standard InChI is InChI=1S/C19H18N4O3S/c1-4-26-14-7-5-13(6-8-14)23-19(24)17-16(21-22-23)15-12(10-25-3)9-11(2)20-18(15)27-17/h5-9H,4,10H2,1-3H3. The van der Waals surface area contributed by atoms with E-state index in [1.54, 1.807) is 19.2 Å². The topological polar surface area (TPSA) is 79.1 Å². The van der Waals surface area contributed by atoms with Crippen LogP contribution in [0.1, 0.15) is 18.2 Å². The van der Waals surface area contributed by atoms with E-state index in [4.69, 9.17) is 9.47 Å². The van der Waals surface area contributed by atoms with Crippen molar-refractivity contribution >= 4 is 31.8 Å². The van der Waals surface area contributed by atoms with Crippen LogP contribution in [0.3, 0.4) is 0 Å². The zero-order chi connectivity index (χ0) is 19.0. The molecule has 0 aliphatic rings. The summed E-state index contributed by atoms with van der Waals surface area (Å²) in [6, 6.07) is 9.16. The van der Waals surface area contributed by atoms with Gasteiger partial charge in [-0.2, -0.15) is 4.68 Å². The fourth-order valence-corrected chi connectivity index (χ4v) is 4.18. The van der Waals surface area contributed by atoms with Crippen LogP contribution in [0.25, 0.3) is 26.1 Å².